The van der Waals surface area contributed by atoms with Gasteiger partial charge in [0, 0.05) is 42.6 Å². The smallest absolute Gasteiger partial charge is 0.223 e. The normalized spacial score (nSPS) is 10.5. The molecule has 2 aromatic carbocycles. The quantitative estimate of drug-likeness (QED) is 0.935. The van der Waals surface area contributed by atoms with Crippen molar-refractivity contribution in [3.8, 4) is 0 Å². The zero-order chi connectivity index (χ0) is 13.8. The van der Waals surface area contributed by atoms with Crippen LogP contribution in [-0.4, -0.2) is 31.4 Å². The predicted octanol–water partition coefficient (Wildman–Crippen LogP) is 3.49. The average Bonchev–Trinajstić information content (AvgIpc) is 2.41. The minimum Gasteiger partial charge on any atom is -0.384 e. The van der Waals surface area contributed by atoms with Gasteiger partial charge in [0.2, 0.25) is 5.91 Å². The predicted molar refractivity (Wildman–Crippen MR) is 83.4 cm³/mol. The molecule has 0 aliphatic rings. The van der Waals surface area contributed by atoms with Crippen molar-refractivity contribution < 1.29 is 4.79 Å². The average molecular weight is 321 g/mol. The number of hydrogen-bond acceptors (Lipinski definition) is 2. The van der Waals surface area contributed by atoms with Crippen LogP contribution in [0.1, 0.15) is 6.42 Å². The van der Waals surface area contributed by atoms with Crippen LogP contribution in [0.3, 0.4) is 0 Å². The lowest BCUT2D eigenvalue weighted by Crippen LogP contribution is -2.23. The van der Waals surface area contributed by atoms with E-state index in [1.165, 1.54) is 5.39 Å². The standard InChI is InChI=1S/C15H17BrN2O/c1-18(2)15(19)9-10-17-14-8-7-13(16)11-5-3-4-6-12(11)14/h3-8,17H,9-10H2,1-2H3. The second kappa shape index (κ2) is 6.06. The molecule has 0 radical (unpaired) electrons. The van der Waals surface area contributed by atoms with Crippen molar-refractivity contribution in [3.63, 3.8) is 0 Å². The fourth-order valence-electron chi connectivity index (χ4n) is 1.94. The van der Waals surface area contributed by atoms with Crippen molar-refractivity contribution in [2.75, 3.05) is 26.0 Å². The van der Waals surface area contributed by atoms with E-state index in [0.29, 0.717) is 13.0 Å². The van der Waals surface area contributed by atoms with Crippen LogP contribution in [0.2, 0.25) is 0 Å². The first-order chi connectivity index (χ1) is 9.09. The van der Waals surface area contributed by atoms with E-state index < -0.39 is 0 Å². The van der Waals surface area contributed by atoms with Crippen LogP contribution in [0.4, 0.5) is 5.69 Å². The van der Waals surface area contributed by atoms with Gasteiger partial charge in [-0.25, -0.2) is 0 Å². The Morgan fingerprint density at radius 3 is 2.53 bits per heavy atom. The number of nitrogens with one attached hydrogen (secondary N) is 1. The van der Waals surface area contributed by atoms with Crippen molar-refractivity contribution in [2.24, 2.45) is 0 Å². The van der Waals surface area contributed by atoms with Crippen molar-refractivity contribution in [1.82, 2.24) is 4.90 Å². The maximum atomic E-state index is 11.5. The molecule has 0 saturated heterocycles. The summed E-state index contributed by atoms with van der Waals surface area (Å²) < 4.78 is 1.08. The third kappa shape index (κ3) is 3.26. The SMILES string of the molecule is CN(C)C(=O)CCNc1ccc(Br)c2ccccc12. The lowest BCUT2D eigenvalue weighted by atomic mass is 10.1. The van der Waals surface area contributed by atoms with E-state index in [0.717, 1.165) is 15.5 Å². The first-order valence-electron chi connectivity index (χ1n) is 6.21. The molecule has 0 fully saturated rings. The molecule has 0 heterocycles. The molecule has 4 heteroatoms. The van der Waals surface area contributed by atoms with Crippen molar-refractivity contribution in [3.05, 3.63) is 40.9 Å². The van der Waals surface area contributed by atoms with Gasteiger partial charge in [-0.15, -0.1) is 0 Å². The first kappa shape index (κ1) is 13.9. The van der Waals surface area contributed by atoms with E-state index in [1.807, 2.05) is 24.3 Å². The summed E-state index contributed by atoms with van der Waals surface area (Å²) in [5.74, 6) is 0.133. The Morgan fingerprint density at radius 1 is 1.16 bits per heavy atom. The van der Waals surface area contributed by atoms with Crippen molar-refractivity contribution >= 4 is 38.3 Å². The summed E-state index contributed by atoms with van der Waals surface area (Å²) in [6.45, 7) is 0.642. The number of halogens is 1. The van der Waals surface area contributed by atoms with Gasteiger partial charge in [0.15, 0.2) is 0 Å². The molecular weight excluding hydrogens is 304 g/mol. The lowest BCUT2D eigenvalue weighted by Gasteiger charge is -2.13. The highest BCUT2D eigenvalue weighted by atomic mass is 79.9. The van der Waals surface area contributed by atoms with E-state index >= 15 is 0 Å². The number of nitrogens with zero attached hydrogens (tertiary/aromatic N) is 1. The number of hydrogen-bond donors (Lipinski definition) is 1. The monoisotopic (exact) mass is 320 g/mol. The summed E-state index contributed by atoms with van der Waals surface area (Å²) in [7, 11) is 3.55. The van der Waals surface area contributed by atoms with Crippen molar-refractivity contribution in [1.29, 1.82) is 0 Å². The molecule has 0 saturated carbocycles. The van der Waals surface area contributed by atoms with Crippen LogP contribution >= 0.6 is 15.9 Å². The minimum absolute atomic E-state index is 0.133. The van der Waals surface area contributed by atoms with E-state index in [9.17, 15) is 4.79 Å². The van der Waals surface area contributed by atoms with Crippen LogP contribution in [0, 0.1) is 0 Å². The lowest BCUT2D eigenvalue weighted by molar-refractivity contribution is -0.128. The fraction of sp³-hybridized carbons (Fsp3) is 0.267. The molecular formula is C15H17BrN2O. The fourth-order valence-corrected chi connectivity index (χ4v) is 2.42. The molecule has 0 atom stereocenters. The van der Waals surface area contributed by atoms with Gasteiger partial charge in [-0.3, -0.25) is 4.79 Å². The van der Waals surface area contributed by atoms with Crippen LogP contribution in [0.25, 0.3) is 10.8 Å². The zero-order valence-corrected chi connectivity index (χ0v) is 12.7. The highest BCUT2D eigenvalue weighted by molar-refractivity contribution is 9.10. The second-order valence-corrected chi connectivity index (χ2v) is 5.46. The molecule has 2 rings (SSSR count). The van der Waals surface area contributed by atoms with Crippen molar-refractivity contribution in [2.45, 2.75) is 6.42 Å². The molecule has 1 amide bonds. The van der Waals surface area contributed by atoms with Crippen LogP contribution in [-0.2, 0) is 4.79 Å². The molecule has 3 nitrogen and oxygen atoms in total. The van der Waals surface area contributed by atoms with Crippen LogP contribution in [0.15, 0.2) is 40.9 Å². The number of anilines is 1. The van der Waals surface area contributed by atoms with E-state index in [4.69, 9.17) is 0 Å². The first-order valence-corrected chi connectivity index (χ1v) is 7.00. The number of benzene rings is 2. The maximum absolute atomic E-state index is 11.5. The Labute approximate surface area is 121 Å². The zero-order valence-electron chi connectivity index (χ0n) is 11.1. The summed E-state index contributed by atoms with van der Waals surface area (Å²) in [5.41, 5.74) is 1.06. The molecule has 0 aromatic heterocycles. The summed E-state index contributed by atoms with van der Waals surface area (Å²) in [6.07, 6.45) is 0.497. The van der Waals surface area contributed by atoms with Gasteiger partial charge in [-0.2, -0.15) is 0 Å². The van der Waals surface area contributed by atoms with Gasteiger partial charge in [-0.1, -0.05) is 40.2 Å². The number of carbonyl (C=O) groups is 1. The number of fused-ring (bicyclic) bond motifs is 1. The number of carbonyl (C=O) groups excluding carboxylic acids is 1. The Morgan fingerprint density at radius 2 is 1.84 bits per heavy atom. The highest BCUT2D eigenvalue weighted by Gasteiger charge is 2.06. The molecule has 100 valence electrons. The Hall–Kier alpha value is -1.55. The topological polar surface area (TPSA) is 32.3 Å². The second-order valence-electron chi connectivity index (χ2n) is 4.61. The van der Waals surface area contributed by atoms with Gasteiger partial charge >= 0.3 is 0 Å². The van der Waals surface area contributed by atoms with E-state index in [1.54, 1.807) is 19.0 Å². The van der Waals surface area contributed by atoms with Gasteiger partial charge in [0.05, 0.1) is 0 Å². The Bertz CT molecular complexity index is 596. The minimum atomic E-state index is 0.133. The van der Waals surface area contributed by atoms with E-state index in [-0.39, 0.29) is 5.91 Å². The molecule has 0 spiro atoms. The summed E-state index contributed by atoms with van der Waals surface area (Å²) >= 11 is 3.55. The molecule has 0 aliphatic heterocycles. The third-order valence-corrected chi connectivity index (χ3v) is 3.72. The van der Waals surface area contributed by atoms with Gasteiger partial charge in [-0.05, 0) is 17.5 Å². The summed E-state index contributed by atoms with van der Waals surface area (Å²) in [5, 5.41) is 5.67. The summed E-state index contributed by atoms with van der Waals surface area (Å²) in [4.78, 5) is 13.1. The van der Waals surface area contributed by atoms with Crippen LogP contribution < -0.4 is 5.32 Å². The maximum Gasteiger partial charge on any atom is 0.223 e. The third-order valence-electron chi connectivity index (χ3n) is 3.02. The molecule has 2 aromatic rings. The molecule has 1 N–H and O–H groups in total. The van der Waals surface area contributed by atoms with Crippen LogP contribution in [0.5, 0.6) is 0 Å². The van der Waals surface area contributed by atoms with E-state index in [2.05, 4.69) is 33.4 Å². The number of rotatable bonds is 4. The molecule has 19 heavy (non-hydrogen) atoms. The molecule has 0 aliphatic carbocycles. The number of amides is 1. The molecule has 0 unspecified atom stereocenters. The Balaban J connectivity index is 2.13. The largest absolute Gasteiger partial charge is 0.384 e. The Kier molecular flexibility index (Phi) is 4.43. The molecule has 0 bridgehead atoms. The van der Waals surface area contributed by atoms with Gasteiger partial charge in [0.1, 0.15) is 0 Å². The summed E-state index contributed by atoms with van der Waals surface area (Å²) in [6, 6.07) is 12.3. The van der Waals surface area contributed by atoms with Gasteiger partial charge in [0.25, 0.3) is 0 Å². The highest BCUT2D eigenvalue weighted by Crippen LogP contribution is 2.29. The van der Waals surface area contributed by atoms with Gasteiger partial charge < -0.3 is 10.2 Å².